The molecule has 2 aliphatic rings. The Morgan fingerprint density at radius 1 is 1.16 bits per heavy atom. The molecular weight excluding hydrogens is 406 g/mol. The number of anilines is 1. The molecule has 32 heavy (non-hydrogen) atoms. The molecule has 2 atom stereocenters. The van der Waals surface area contributed by atoms with Crippen LogP contribution in [0.2, 0.25) is 0 Å². The number of hydrogen-bond donors (Lipinski definition) is 1. The topological polar surface area (TPSA) is 87.7 Å². The quantitative estimate of drug-likeness (QED) is 0.768. The molecule has 2 aromatic rings. The van der Waals surface area contributed by atoms with Crippen molar-refractivity contribution in [1.29, 1.82) is 0 Å². The number of nitrogens with zero attached hydrogens (tertiary/aromatic N) is 4. The molecule has 8 nitrogen and oxygen atoms in total. The van der Waals surface area contributed by atoms with Crippen molar-refractivity contribution in [1.82, 2.24) is 20.2 Å². The number of rotatable bonds is 5. The van der Waals surface area contributed by atoms with Gasteiger partial charge < -0.3 is 19.9 Å². The van der Waals surface area contributed by atoms with E-state index in [1.165, 1.54) is 5.56 Å². The van der Waals surface area contributed by atoms with Gasteiger partial charge in [-0.15, -0.1) is 0 Å². The summed E-state index contributed by atoms with van der Waals surface area (Å²) in [5, 5.41) is 2.88. The Morgan fingerprint density at radius 3 is 2.56 bits per heavy atom. The molecular formula is C24H31N5O3. The van der Waals surface area contributed by atoms with Crippen molar-refractivity contribution in [3.63, 3.8) is 0 Å². The number of pyridine rings is 2. The molecule has 0 saturated carbocycles. The maximum absolute atomic E-state index is 13.0. The Morgan fingerprint density at radius 2 is 1.91 bits per heavy atom. The van der Waals surface area contributed by atoms with E-state index in [9.17, 15) is 9.59 Å². The van der Waals surface area contributed by atoms with E-state index in [0.717, 1.165) is 30.2 Å². The molecule has 0 bridgehead atoms. The Bertz CT molecular complexity index is 999. The third-order valence-corrected chi connectivity index (χ3v) is 6.52. The second-order valence-electron chi connectivity index (χ2n) is 8.72. The van der Waals surface area contributed by atoms with Gasteiger partial charge in [0.15, 0.2) is 0 Å². The van der Waals surface area contributed by atoms with Gasteiger partial charge in [0.1, 0.15) is 5.82 Å². The lowest BCUT2D eigenvalue weighted by Crippen LogP contribution is -2.49. The summed E-state index contributed by atoms with van der Waals surface area (Å²) in [6, 6.07) is 5.75. The number of aryl methyl sites for hydroxylation is 3. The van der Waals surface area contributed by atoms with E-state index in [1.807, 2.05) is 11.8 Å². The summed E-state index contributed by atoms with van der Waals surface area (Å²) in [5.74, 6) is 0.655. The van der Waals surface area contributed by atoms with Crippen LogP contribution in [-0.4, -0.2) is 73.1 Å². The fourth-order valence-electron chi connectivity index (χ4n) is 4.59. The first-order valence-corrected chi connectivity index (χ1v) is 11.1. The van der Waals surface area contributed by atoms with Gasteiger partial charge in [-0.05, 0) is 44.0 Å². The van der Waals surface area contributed by atoms with Crippen LogP contribution in [0, 0.1) is 26.7 Å². The van der Waals surface area contributed by atoms with Crippen molar-refractivity contribution in [3.05, 3.63) is 52.5 Å². The number of methoxy groups -OCH3 is 1. The maximum Gasteiger partial charge on any atom is 0.255 e. The smallest absolute Gasteiger partial charge is 0.255 e. The highest BCUT2D eigenvalue weighted by molar-refractivity contribution is 5.94. The summed E-state index contributed by atoms with van der Waals surface area (Å²) < 4.78 is 5.24. The molecule has 2 aromatic heterocycles. The predicted octanol–water partition coefficient (Wildman–Crippen LogP) is 1.84. The number of hydrogen-bond acceptors (Lipinski definition) is 6. The third-order valence-electron chi connectivity index (χ3n) is 6.52. The number of carbonyl (C=O) groups is 2. The van der Waals surface area contributed by atoms with Crippen LogP contribution in [-0.2, 0) is 9.53 Å². The standard InChI is InChI=1S/C24H31N5O3/c1-15-11-16(2)22(27-17(15)3)28-7-9-29(10-8-28)24(31)18-5-6-20(25-12-18)21-19(14-32-4)13-26-23(21)30/h5-6,11-12,19,21H,7-10,13-14H2,1-4H3,(H,26,30)/t19?,21-/m1/s1. The number of piperazine rings is 1. The Balaban J connectivity index is 1.40. The van der Waals surface area contributed by atoms with Gasteiger partial charge in [-0.25, -0.2) is 4.98 Å². The molecule has 2 amide bonds. The summed E-state index contributed by atoms with van der Waals surface area (Å²) >= 11 is 0. The number of carbonyl (C=O) groups excluding carboxylic acids is 2. The molecule has 1 unspecified atom stereocenters. The summed E-state index contributed by atoms with van der Waals surface area (Å²) in [7, 11) is 1.63. The molecule has 0 aliphatic carbocycles. The zero-order chi connectivity index (χ0) is 22.8. The lowest BCUT2D eigenvalue weighted by atomic mass is 9.92. The van der Waals surface area contributed by atoms with E-state index >= 15 is 0 Å². The predicted molar refractivity (Wildman–Crippen MR) is 122 cm³/mol. The molecule has 170 valence electrons. The van der Waals surface area contributed by atoms with E-state index in [4.69, 9.17) is 9.72 Å². The molecule has 2 saturated heterocycles. The average molecular weight is 438 g/mol. The Kier molecular flexibility index (Phi) is 6.41. The van der Waals surface area contributed by atoms with Crippen molar-refractivity contribution < 1.29 is 14.3 Å². The maximum atomic E-state index is 13.0. The van der Waals surface area contributed by atoms with Crippen LogP contribution in [0.15, 0.2) is 24.4 Å². The molecule has 2 aliphatic heterocycles. The van der Waals surface area contributed by atoms with Crippen LogP contribution in [0.3, 0.4) is 0 Å². The van der Waals surface area contributed by atoms with E-state index < -0.39 is 0 Å². The van der Waals surface area contributed by atoms with Gasteiger partial charge in [-0.1, -0.05) is 6.07 Å². The summed E-state index contributed by atoms with van der Waals surface area (Å²) in [6.45, 7) is 10.0. The van der Waals surface area contributed by atoms with Gasteiger partial charge in [-0.3, -0.25) is 14.6 Å². The molecule has 2 fully saturated rings. The van der Waals surface area contributed by atoms with E-state index in [1.54, 1.807) is 25.4 Å². The highest BCUT2D eigenvalue weighted by Crippen LogP contribution is 2.28. The zero-order valence-corrected chi connectivity index (χ0v) is 19.2. The molecule has 4 rings (SSSR count). The third kappa shape index (κ3) is 4.32. The summed E-state index contributed by atoms with van der Waals surface area (Å²) in [4.78, 5) is 38.6. The van der Waals surface area contributed by atoms with E-state index in [-0.39, 0.29) is 23.7 Å². The highest BCUT2D eigenvalue weighted by Gasteiger charge is 2.37. The normalized spacial score (nSPS) is 21.1. The van der Waals surface area contributed by atoms with Gasteiger partial charge in [0, 0.05) is 57.6 Å². The Labute approximate surface area is 189 Å². The van der Waals surface area contributed by atoms with Crippen LogP contribution in [0.25, 0.3) is 0 Å². The Hall–Kier alpha value is -3.00. The minimum absolute atomic E-state index is 0.0298. The lowest BCUT2D eigenvalue weighted by molar-refractivity contribution is -0.120. The molecule has 0 aromatic carbocycles. The molecule has 0 spiro atoms. The summed E-state index contributed by atoms with van der Waals surface area (Å²) in [6.07, 6.45) is 1.59. The van der Waals surface area contributed by atoms with Gasteiger partial charge in [0.2, 0.25) is 5.91 Å². The van der Waals surface area contributed by atoms with Crippen molar-refractivity contribution in [2.45, 2.75) is 26.7 Å². The average Bonchev–Trinajstić information content (AvgIpc) is 3.16. The largest absolute Gasteiger partial charge is 0.384 e. The second-order valence-corrected chi connectivity index (χ2v) is 8.72. The zero-order valence-electron chi connectivity index (χ0n) is 19.2. The number of ether oxygens (including phenoxy) is 1. The second kappa shape index (κ2) is 9.24. The number of nitrogens with one attached hydrogen (secondary N) is 1. The fraction of sp³-hybridized carbons (Fsp3) is 0.500. The lowest BCUT2D eigenvalue weighted by Gasteiger charge is -2.36. The minimum Gasteiger partial charge on any atom is -0.384 e. The van der Waals surface area contributed by atoms with E-state index in [2.05, 4.69) is 35.1 Å². The molecule has 1 N–H and O–H groups in total. The SMILES string of the molecule is COCC1CNC(=O)[C@H]1c1ccc(C(=O)N2CCN(c3nc(C)c(C)cc3C)CC2)cn1. The highest BCUT2D eigenvalue weighted by atomic mass is 16.5. The minimum atomic E-state index is -0.337. The fourth-order valence-corrected chi connectivity index (χ4v) is 4.59. The molecule has 4 heterocycles. The number of amides is 2. The van der Waals surface area contributed by atoms with Gasteiger partial charge in [-0.2, -0.15) is 0 Å². The van der Waals surface area contributed by atoms with E-state index in [0.29, 0.717) is 37.5 Å². The van der Waals surface area contributed by atoms with Crippen molar-refractivity contribution in [2.75, 3.05) is 51.3 Å². The first-order chi connectivity index (χ1) is 15.4. The van der Waals surface area contributed by atoms with Crippen LogP contribution in [0.1, 0.15) is 38.8 Å². The van der Waals surface area contributed by atoms with Crippen LogP contribution < -0.4 is 10.2 Å². The van der Waals surface area contributed by atoms with Crippen molar-refractivity contribution in [2.24, 2.45) is 5.92 Å². The van der Waals surface area contributed by atoms with Gasteiger partial charge >= 0.3 is 0 Å². The molecule has 8 heteroatoms. The number of aromatic nitrogens is 2. The van der Waals surface area contributed by atoms with Crippen molar-refractivity contribution in [3.8, 4) is 0 Å². The van der Waals surface area contributed by atoms with Gasteiger partial charge in [0.05, 0.1) is 23.8 Å². The van der Waals surface area contributed by atoms with Crippen LogP contribution in [0.5, 0.6) is 0 Å². The van der Waals surface area contributed by atoms with Gasteiger partial charge in [0.25, 0.3) is 5.91 Å². The molecule has 0 radical (unpaired) electrons. The van der Waals surface area contributed by atoms with Crippen LogP contribution in [0.4, 0.5) is 5.82 Å². The monoisotopic (exact) mass is 437 g/mol. The first-order valence-electron chi connectivity index (χ1n) is 11.1. The van der Waals surface area contributed by atoms with Crippen molar-refractivity contribution >= 4 is 17.6 Å². The summed E-state index contributed by atoms with van der Waals surface area (Å²) in [5.41, 5.74) is 4.62. The first kappa shape index (κ1) is 22.2. The van der Waals surface area contributed by atoms with Crippen LogP contribution >= 0.6 is 0 Å².